The van der Waals surface area contributed by atoms with Crippen LogP contribution in [0.3, 0.4) is 0 Å². The van der Waals surface area contributed by atoms with E-state index in [4.69, 9.17) is 7.98 Å². The largest absolute Gasteiger partial charge is 0.364 e. The van der Waals surface area contributed by atoms with Crippen LogP contribution in [0.25, 0.3) is 0 Å². The Hall–Kier alpha value is -0.0151. The highest BCUT2D eigenvalue weighted by Crippen LogP contribution is 2.13. The fourth-order valence-corrected chi connectivity index (χ4v) is 1.77. The van der Waals surface area contributed by atoms with Gasteiger partial charge in [-0.15, -0.1) is 0 Å². The number of nitrogens with zero attached hydrogens (tertiary/aromatic N) is 1. The van der Waals surface area contributed by atoms with Crippen molar-refractivity contribution in [3.8, 4) is 0 Å². The lowest BCUT2D eigenvalue weighted by Gasteiger charge is -2.35. The van der Waals surface area contributed by atoms with Crippen LogP contribution in [-0.4, -0.2) is 38.1 Å². The van der Waals surface area contributed by atoms with Crippen LogP contribution in [0.1, 0.15) is 33.1 Å². The summed E-state index contributed by atoms with van der Waals surface area (Å²) in [4.78, 5) is 2.55. The third-order valence-electron chi connectivity index (χ3n) is 2.98. The Bertz CT molecular complexity index is 122. The average molecular weight is 166 g/mol. The van der Waals surface area contributed by atoms with E-state index in [1.807, 2.05) is 0 Å². The summed E-state index contributed by atoms with van der Waals surface area (Å²) in [5.74, 6) is 0. The van der Waals surface area contributed by atoms with E-state index in [-0.39, 0.29) is 0 Å². The van der Waals surface area contributed by atoms with Crippen LogP contribution < -0.4 is 5.23 Å². The summed E-state index contributed by atoms with van der Waals surface area (Å²) in [6, 6.07) is 1.29. The standard InChI is InChI=1S/C9H19BN2/c1-3-8(2)12-6-4-9(11-10)5-7-12/h8-9,11H,3-7H2,1-2H3. The SMILES string of the molecule is [B]NC1CCN(C(C)CC)CC1. The molecule has 1 unspecified atom stereocenters. The molecular weight excluding hydrogens is 147 g/mol. The molecule has 0 amide bonds. The zero-order valence-electron chi connectivity index (χ0n) is 8.21. The molecule has 1 atom stereocenters. The lowest BCUT2D eigenvalue weighted by molar-refractivity contribution is 0.155. The van der Waals surface area contributed by atoms with Gasteiger partial charge in [0.1, 0.15) is 0 Å². The van der Waals surface area contributed by atoms with E-state index in [2.05, 4.69) is 24.0 Å². The van der Waals surface area contributed by atoms with Gasteiger partial charge in [-0.1, -0.05) is 6.92 Å². The van der Waals surface area contributed by atoms with Gasteiger partial charge in [-0.2, -0.15) is 0 Å². The molecule has 1 aliphatic heterocycles. The molecule has 1 saturated heterocycles. The van der Waals surface area contributed by atoms with Crippen LogP contribution in [0.5, 0.6) is 0 Å². The average Bonchev–Trinajstić information content (AvgIpc) is 2.17. The van der Waals surface area contributed by atoms with Crippen molar-refractivity contribution in [3.05, 3.63) is 0 Å². The molecule has 1 rings (SSSR count). The Labute approximate surface area is 77.1 Å². The predicted octanol–water partition coefficient (Wildman–Crippen LogP) is 0.922. The van der Waals surface area contributed by atoms with Crippen LogP contribution in [0, 0.1) is 0 Å². The smallest absolute Gasteiger partial charge is 0.178 e. The fraction of sp³-hybridized carbons (Fsp3) is 1.00. The highest BCUT2D eigenvalue weighted by molar-refractivity contribution is 6.04. The van der Waals surface area contributed by atoms with Crippen molar-refractivity contribution in [2.24, 2.45) is 0 Å². The van der Waals surface area contributed by atoms with Gasteiger partial charge in [0, 0.05) is 6.04 Å². The van der Waals surface area contributed by atoms with E-state index < -0.39 is 0 Å². The van der Waals surface area contributed by atoms with E-state index in [0.29, 0.717) is 6.04 Å². The second-order valence-corrected chi connectivity index (χ2v) is 3.73. The van der Waals surface area contributed by atoms with Gasteiger partial charge in [-0.05, 0) is 45.3 Å². The van der Waals surface area contributed by atoms with Gasteiger partial charge in [-0.3, -0.25) is 0 Å². The Morgan fingerprint density at radius 3 is 2.50 bits per heavy atom. The summed E-state index contributed by atoms with van der Waals surface area (Å²) in [5, 5.41) is 2.85. The first-order valence-corrected chi connectivity index (χ1v) is 4.98. The van der Waals surface area contributed by atoms with Crippen LogP contribution in [0.4, 0.5) is 0 Å². The quantitative estimate of drug-likeness (QED) is 0.627. The van der Waals surface area contributed by atoms with Gasteiger partial charge < -0.3 is 10.1 Å². The van der Waals surface area contributed by atoms with E-state index in [1.54, 1.807) is 0 Å². The van der Waals surface area contributed by atoms with Crippen LogP contribution in [0.15, 0.2) is 0 Å². The maximum Gasteiger partial charge on any atom is 0.178 e. The second-order valence-electron chi connectivity index (χ2n) is 3.73. The normalized spacial score (nSPS) is 24.2. The first kappa shape index (κ1) is 10.1. The highest BCUT2D eigenvalue weighted by atomic mass is 15.2. The number of rotatable bonds is 3. The lowest BCUT2D eigenvalue weighted by atomic mass is 10.0. The molecule has 3 heteroatoms. The third kappa shape index (κ3) is 2.49. The molecule has 1 heterocycles. The fourth-order valence-electron chi connectivity index (χ4n) is 1.77. The van der Waals surface area contributed by atoms with E-state index in [0.717, 1.165) is 6.04 Å². The maximum absolute atomic E-state index is 5.39. The van der Waals surface area contributed by atoms with Crippen molar-refractivity contribution in [3.63, 3.8) is 0 Å². The van der Waals surface area contributed by atoms with Crippen LogP contribution >= 0.6 is 0 Å². The molecule has 68 valence electrons. The molecule has 0 aromatic carbocycles. The Kier molecular flexibility index (Phi) is 4.09. The number of hydrogen-bond donors (Lipinski definition) is 1. The minimum atomic E-state index is 0.547. The molecular formula is C9H19BN2. The highest BCUT2D eigenvalue weighted by Gasteiger charge is 2.19. The molecule has 2 radical (unpaired) electrons. The van der Waals surface area contributed by atoms with Crippen molar-refractivity contribution in [2.75, 3.05) is 13.1 Å². The maximum atomic E-state index is 5.39. The van der Waals surface area contributed by atoms with Crippen molar-refractivity contribution >= 4 is 7.98 Å². The van der Waals surface area contributed by atoms with Gasteiger partial charge in [0.15, 0.2) is 7.98 Å². The number of piperidine rings is 1. The molecule has 12 heavy (non-hydrogen) atoms. The molecule has 0 spiro atoms. The van der Waals surface area contributed by atoms with Gasteiger partial charge in [0.25, 0.3) is 0 Å². The molecule has 0 bridgehead atoms. The first-order valence-electron chi connectivity index (χ1n) is 4.98. The van der Waals surface area contributed by atoms with E-state index >= 15 is 0 Å². The monoisotopic (exact) mass is 166 g/mol. The topological polar surface area (TPSA) is 15.3 Å². The Morgan fingerprint density at radius 2 is 2.08 bits per heavy atom. The third-order valence-corrected chi connectivity index (χ3v) is 2.98. The molecule has 1 fully saturated rings. The lowest BCUT2D eigenvalue weighted by Crippen LogP contribution is -2.45. The molecule has 0 aromatic heterocycles. The van der Waals surface area contributed by atoms with Gasteiger partial charge >= 0.3 is 0 Å². The summed E-state index contributed by atoms with van der Waals surface area (Å²) in [7, 11) is 5.39. The number of nitrogens with one attached hydrogen (secondary N) is 1. The Balaban J connectivity index is 2.25. The summed E-state index contributed by atoms with van der Waals surface area (Å²) >= 11 is 0. The minimum absolute atomic E-state index is 0.547. The first-order chi connectivity index (χ1) is 5.77. The summed E-state index contributed by atoms with van der Waals surface area (Å²) in [6.07, 6.45) is 3.64. The molecule has 0 aliphatic carbocycles. The van der Waals surface area contributed by atoms with Crippen molar-refractivity contribution in [2.45, 2.75) is 45.2 Å². The summed E-state index contributed by atoms with van der Waals surface area (Å²) < 4.78 is 0. The van der Waals surface area contributed by atoms with Crippen molar-refractivity contribution < 1.29 is 0 Å². The van der Waals surface area contributed by atoms with Gasteiger partial charge in [0.05, 0.1) is 0 Å². The Morgan fingerprint density at radius 1 is 1.50 bits per heavy atom. The molecule has 0 saturated carbocycles. The zero-order chi connectivity index (χ0) is 8.97. The van der Waals surface area contributed by atoms with Gasteiger partial charge in [0.2, 0.25) is 0 Å². The molecule has 0 aromatic rings. The molecule has 1 N–H and O–H groups in total. The van der Waals surface area contributed by atoms with E-state index in [9.17, 15) is 0 Å². The summed E-state index contributed by atoms with van der Waals surface area (Å²) in [6.45, 7) is 6.95. The number of likely N-dealkylation sites (tertiary alicyclic amines) is 1. The minimum Gasteiger partial charge on any atom is -0.364 e. The molecule has 2 nitrogen and oxygen atoms in total. The van der Waals surface area contributed by atoms with E-state index in [1.165, 1.54) is 32.4 Å². The van der Waals surface area contributed by atoms with Crippen molar-refractivity contribution in [1.29, 1.82) is 0 Å². The van der Waals surface area contributed by atoms with Crippen LogP contribution in [0.2, 0.25) is 0 Å². The van der Waals surface area contributed by atoms with Gasteiger partial charge in [-0.25, -0.2) is 0 Å². The summed E-state index contributed by atoms with van der Waals surface area (Å²) in [5.41, 5.74) is 0. The second kappa shape index (κ2) is 4.88. The van der Waals surface area contributed by atoms with Crippen LogP contribution in [-0.2, 0) is 0 Å². The van der Waals surface area contributed by atoms with Crippen molar-refractivity contribution in [1.82, 2.24) is 10.1 Å². The predicted molar refractivity (Wildman–Crippen MR) is 53.2 cm³/mol. The molecule has 1 aliphatic rings. The number of hydrogen-bond acceptors (Lipinski definition) is 2. The zero-order valence-corrected chi connectivity index (χ0v) is 8.21.